The van der Waals surface area contributed by atoms with Crippen molar-refractivity contribution in [2.45, 2.75) is 0 Å². The molecule has 2 aromatic heterocycles. The van der Waals surface area contributed by atoms with E-state index < -0.39 is 0 Å². The van der Waals surface area contributed by atoms with E-state index in [1.54, 1.807) is 12.5 Å². The summed E-state index contributed by atoms with van der Waals surface area (Å²) in [7, 11) is 0. The highest BCUT2D eigenvalue weighted by Gasteiger charge is 2.02. The Bertz CT molecular complexity index is 486. The first-order chi connectivity index (χ1) is 5.95. The number of aromatic amines is 1. The van der Waals surface area contributed by atoms with E-state index in [1.165, 1.54) is 0 Å². The number of rotatable bonds is 0. The van der Waals surface area contributed by atoms with Crippen LogP contribution in [0, 0.1) is 0 Å². The lowest BCUT2D eigenvalue weighted by molar-refractivity contribution is 0.428. The van der Waals surface area contributed by atoms with Crippen LogP contribution in [0.4, 0.5) is 0 Å². The summed E-state index contributed by atoms with van der Waals surface area (Å²) < 4.78 is 4.99. The Morgan fingerprint density at radius 3 is 3.17 bits per heavy atom. The Morgan fingerprint density at radius 1 is 1.17 bits per heavy atom. The molecule has 12 heavy (non-hydrogen) atoms. The lowest BCUT2D eigenvalue weighted by atomic mass is 10.2. The van der Waals surface area contributed by atoms with Gasteiger partial charge in [0.1, 0.15) is 6.26 Å². The van der Waals surface area contributed by atoms with E-state index in [4.69, 9.17) is 4.52 Å². The van der Waals surface area contributed by atoms with Gasteiger partial charge in [-0.1, -0.05) is 0 Å². The minimum Gasteiger partial charge on any atom is -0.389 e. The zero-order valence-electron chi connectivity index (χ0n) is 6.24. The van der Waals surface area contributed by atoms with Crippen molar-refractivity contribution in [1.82, 2.24) is 10.1 Å². The zero-order valence-corrected chi connectivity index (χ0v) is 6.24. The summed E-state index contributed by atoms with van der Waals surface area (Å²) >= 11 is 0. The minimum atomic E-state index is 1.01. The number of aromatic nitrogens is 2. The number of hydrogen-bond acceptors (Lipinski definition) is 2. The van der Waals surface area contributed by atoms with E-state index in [0.717, 1.165) is 21.8 Å². The molecule has 3 heteroatoms. The second-order valence-corrected chi connectivity index (χ2v) is 2.74. The van der Waals surface area contributed by atoms with Crippen LogP contribution in [0.5, 0.6) is 0 Å². The van der Waals surface area contributed by atoms with Crippen LogP contribution < -0.4 is 0 Å². The van der Waals surface area contributed by atoms with Gasteiger partial charge in [0.05, 0.1) is 11.0 Å². The highest BCUT2D eigenvalue weighted by Crippen LogP contribution is 2.22. The van der Waals surface area contributed by atoms with Crippen molar-refractivity contribution >= 4 is 21.8 Å². The number of nitrogens with one attached hydrogen (secondary N) is 1. The smallest absolute Gasteiger partial charge is 0.129 e. The Kier molecular flexibility index (Phi) is 0.913. The molecule has 1 N–H and O–H groups in total. The van der Waals surface area contributed by atoms with Gasteiger partial charge in [0.2, 0.25) is 0 Å². The van der Waals surface area contributed by atoms with Crippen molar-refractivity contribution < 1.29 is 4.52 Å². The van der Waals surface area contributed by atoms with E-state index in [0.29, 0.717) is 0 Å². The molecular weight excluding hydrogens is 152 g/mol. The van der Waals surface area contributed by atoms with E-state index in [1.807, 2.05) is 18.2 Å². The minimum absolute atomic E-state index is 1.01. The Balaban J connectivity index is 2.71. The van der Waals surface area contributed by atoms with Crippen molar-refractivity contribution in [2.24, 2.45) is 0 Å². The van der Waals surface area contributed by atoms with Crippen molar-refractivity contribution in [3.63, 3.8) is 0 Å². The van der Waals surface area contributed by atoms with Crippen LogP contribution in [0.15, 0.2) is 35.2 Å². The Hall–Kier alpha value is -1.77. The van der Waals surface area contributed by atoms with Crippen molar-refractivity contribution in [2.75, 3.05) is 0 Å². The fourth-order valence-corrected chi connectivity index (χ4v) is 1.47. The molecule has 0 amide bonds. The standard InChI is InChI=1S/C9H6N2O/c1-2-9-7(5-12-11-9)6-3-4-10-8(1)6/h1-5,11H. The Morgan fingerprint density at radius 2 is 2.17 bits per heavy atom. The van der Waals surface area contributed by atoms with Gasteiger partial charge >= 0.3 is 0 Å². The number of fused-ring (bicyclic) bond motifs is 3. The normalized spacial score (nSPS) is 11.3. The summed E-state index contributed by atoms with van der Waals surface area (Å²) in [6, 6.07) is 5.93. The van der Waals surface area contributed by atoms with E-state index >= 15 is 0 Å². The molecule has 3 nitrogen and oxygen atoms in total. The molecule has 0 aliphatic heterocycles. The van der Waals surface area contributed by atoms with Crippen LogP contribution in [-0.4, -0.2) is 10.1 Å². The first-order valence-electron chi connectivity index (χ1n) is 3.74. The second-order valence-electron chi connectivity index (χ2n) is 2.74. The van der Waals surface area contributed by atoms with Crippen molar-refractivity contribution in [3.05, 3.63) is 30.7 Å². The third kappa shape index (κ3) is 0.580. The summed E-state index contributed by atoms with van der Waals surface area (Å²) in [5.41, 5.74) is 2.02. The summed E-state index contributed by atoms with van der Waals surface area (Å²) in [4.78, 5) is 4.19. The monoisotopic (exact) mass is 158 g/mol. The third-order valence-electron chi connectivity index (χ3n) is 2.06. The highest BCUT2D eigenvalue weighted by atomic mass is 16.5. The fourth-order valence-electron chi connectivity index (χ4n) is 1.47. The maximum absolute atomic E-state index is 4.99. The van der Waals surface area contributed by atoms with Gasteiger partial charge < -0.3 is 4.52 Å². The quantitative estimate of drug-likeness (QED) is 0.545. The largest absolute Gasteiger partial charge is 0.389 e. The maximum Gasteiger partial charge on any atom is 0.129 e. The number of nitrogens with zero attached hydrogens (tertiary/aromatic N) is 1. The molecule has 0 saturated carbocycles. The Labute approximate surface area is 68.0 Å². The number of H-pyrrole nitrogens is 1. The van der Waals surface area contributed by atoms with Gasteiger partial charge in [-0.25, -0.2) is 5.16 Å². The molecule has 0 saturated heterocycles. The van der Waals surface area contributed by atoms with E-state index in [9.17, 15) is 0 Å². The molecule has 0 atom stereocenters. The van der Waals surface area contributed by atoms with Gasteiger partial charge in [0, 0.05) is 17.0 Å². The molecular formula is C9H6N2O. The second kappa shape index (κ2) is 1.88. The van der Waals surface area contributed by atoms with Crippen LogP contribution in [0.25, 0.3) is 21.8 Å². The van der Waals surface area contributed by atoms with Gasteiger partial charge in [0.25, 0.3) is 0 Å². The van der Waals surface area contributed by atoms with Crippen LogP contribution in [0.1, 0.15) is 0 Å². The average molecular weight is 158 g/mol. The van der Waals surface area contributed by atoms with Crippen LogP contribution in [-0.2, 0) is 0 Å². The summed E-state index contributed by atoms with van der Waals surface area (Å²) in [6.45, 7) is 0. The van der Waals surface area contributed by atoms with Crippen LogP contribution in [0.2, 0.25) is 0 Å². The van der Waals surface area contributed by atoms with E-state index in [-0.39, 0.29) is 0 Å². The predicted molar refractivity (Wildman–Crippen MR) is 45.9 cm³/mol. The molecule has 0 aliphatic carbocycles. The molecule has 0 unspecified atom stereocenters. The van der Waals surface area contributed by atoms with Gasteiger partial charge in [-0.05, 0) is 18.2 Å². The van der Waals surface area contributed by atoms with Crippen LogP contribution in [0.3, 0.4) is 0 Å². The molecule has 2 heterocycles. The molecule has 3 rings (SSSR count). The maximum atomic E-state index is 4.99. The average Bonchev–Trinajstić information content (AvgIpc) is 2.71. The number of hydrogen-bond donors (Lipinski definition) is 1. The van der Waals surface area contributed by atoms with Gasteiger partial charge in [-0.3, -0.25) is 4.98 Å². The lowest BCUT2D eigenvalue weighted by Crippen LogP contribution is -1.69. The lowest BCUT2D eigenvalue weighted by Gasteiger charge is -1.88. The highest BCUT2D eigenvalue weighted by molar-refractivity contribution is 6.04. The topological polar surface area (TPSA) is 41.8 Å². The van der Waals surface area contributed by atoms with E-state index in [2.05, 4.69) is 10.1 Å². The van der Waals surface area contributed by atoms with Crippen LogP contribution >= 0.6 is 0 Å². The summed E-state index contributed by atoms with van der Waals surface area (Å²) in [5.74, 6) is 0. The van der Waals surface area contributed by atoms with Gasteiger partial charge in [-0.2, -0.15) is 0 Å². The fraction of sp³-hybridized carbons (Fsp3) is 0. The molecule has 3 aromatic rings. The van der Waals surface area contributed by atoms with Gasteiger partial charge in [0.15, 0.2) is 0 Å². The van der Waals surface area contributed by atoms with Crippen molar-refractivity contribution in [3.8, 4) is 0 Å². The summed E-state index contributed by atoms with van der Waals surface area (Å²) in [6.07, 6.45) is 3.51. The first-order valence-corrected chi connectivity index (χ1v) is 3.74. The molecule has 0 aliphatic rings. The SMILES string of the molecule is c1cc2c(ccc3[nH]occ32)n1. The molecule has 0 spiro atoms. The molecule has 0 fully saturated rings. The zero-order chi connectivity index (χ0) is 7.97. The number of benzene rings is 1. The predicted octanol–water partition coefficient (Wildman–Crippen LogP) is 2.31. The third-order valence-corrected chi connectivity index (χ3v) is 2.06. The molecule has 1 aromatic carbocycles. The molecule has 58 valence electrons. The molecule has 0 bridgehead atoms. The summed E-state index contributed by atoms with van der Waals surface area (Å²) in [5, 5.41) is 5.02. The van der Waals surface area contributed by atoms with Gasteiger partial charge in [-0.15, -0.1) is 0 Å². The molecule has 0 radical (unpaired) electrons. The van der Waals surface area contributed by atoms with Crippen molar-refractivity contribution in [1.29, 1.82) is 0 Å². The first kappa shape index (κ1) is 5.83.